The minimum atomic E-state index is -0.389. The zero-order valence-electron chi connectivity index (χ0n) is 12.4. The van der Waals surface area contributed by atoms with E-state index in [1.54, 1.807) is 37.4 Å². The molecule has 0 spiro atoms. The number of aromatic amines is 1. The molecule has 0 bridgehead atoms. The van der Waals surface area contributed by atoms with Crippen LogP contribution in [-0.2, 0) is 12.8 Å². The molecule has 22 heavy (non-hydrogen) atoms. The molecule has 0 aliphatic heterocycles. The molecule has 3 rings (SSSR count). The van der Waals surface area contributed by atoms with Crippen molar-refractivity contribution in [1.29, 1.82) is 0 Å². The molecule has 0 saturated carbocycles. The zero-order chi connectivity index (χ0) is 15.5. The lowest BCUT2D eigenvalue weighted by Crippen LogP contribution is -2.26. The van der Waals surface area contributed by atoms with E-state index in [1.807, 2.05) is 0 Å². The van der Waals surface area contributed by atoms with Gasteiger partial charge >= 0.3 is 0 Å². The summed E-state index contributed by atoms with van der Waals surface area (Å²) in [5.41, 5.74) is 2.51. The quantitative estimate of drug-likeness (QED) is 0.914. The van der Waals surface area contributed by atoms with Crippen LogP contribution in [0.1, 0.15) is 34.5 Å². The standard InChI is InChI=1S/C17H18N2O3/c1-22-13-8-6-12(7-9-13)18-16(20)14-10-11-4-2-3-5-15(11)19-17(14)21/h6-10H,2-5H2,1H3,(H,18,20)(H,19,21). The summed E-state index contributed by atoms with van der Waals surface area (Å²) in [7, 11) is 1.58. The van der Waals surface area contributed by atoms with E-state index in [2.05, 4.69) is 10.3 Å². The van der Waals surface area contributed by atoms with Gasteiger partial charge < -0.3 is 15.0 Å². The summed E-state index contributed by atoms with van der Waals surface area (Å²) < 4.78 is 5.07. The van der Waals surface area contributed by atoms with Crippen molar-refractivity contribution in [3.05, 3.63) is 57.5 Å². The summed E-state index contributed by atoms with van der Waals surface area (Å²) >= 11 is 0. The predicted octanol–water partition coefficient (Wildman–Crippen LogP) is 2.51. The molecular weight excluding hydrogens is 280 g/mol. The third-order valence-electron chi connectivity index (χ3n) is 3.93. The molecule has 2 aromatic rings. The molecule has 1 amide bonds. The maximum Gasteiger partial charge on any atom is 0.261 e. The fraction of sp³-hybridized carbons (Fsp3) is 0.294. The van der Waals surface area contributed by atoms with Crippen molar-refractivity contribution in [2.24, 2.45) is 0 Å². The number of aryl methyl sites for hydroxylation is 2. The van der Waals surface area contributed by atoms with Gasteiger partial charge in [0.05, 0.1) is 7.11 Å². The molecule has 0 unspecified atom stereocenters. The van der Waals surface area contributed by atoms with Crippen LogP contribution in [0.3, 0.4) is 0 Å². The maximum atomic E-state index is 12.3. The number of benzene rings is 1. The van der Waals surface area contributed by atoms with E-state index < -0.39 is 0 Å². The van der Waals surface area contributed by atoms with Crippen LogP contribution in [0.5, 0.6) is 5.75 Å². The molecule has 5 nitrogen and oxygen atoms in total. The molecule has 2 N–H and O–H groups in total. The second kappa shape index (κ2) is 6.05. The number of fused-ring (bicyclic) bond motifs is 1. The molecule has 0 atom stereocenters. The van der Waals surface area contributed by atoms with Crippen molar-refractivity contribution >= 4 is 11.6 Å². The number of methoxy groups -OCH3 is 1. The number of carbonyl (C=O) groups is 1. The highest BCUT2D eigenvalue weighted by atomic mass is 16.5. The summed E-state index contributed by atoms with van der Waals surface area (Å²) in [4.78, 5) is 27.2. The van der Waals surface area contributed by atoms with Crippen LogP contribution in [0.2, 0.25) is 0 Å². The van der Waals surface area contributed by atoms with Gasteiger partial charge in [0.1, 0.15) is 11.3 Å². The average molecular weight is 298 g/mol. The second-order valence-corrected chi connectivity index (χ2v) is 5.41. The van der Waals surface area contributed by atoms with Crippen molar-refractivity contribution < 1.29 is 9.53 Å². The Morgan fingerprint density at radius 3 is 2.64 bits per heavy atom. The minimum Gasteiger partial charge on any atom is -0.497 e. The van der Waals surface area contributed by atoms with Gasteiger partial charge in [-0.15, -0.1) is 0 Å². The summed E-state index contributed by atoms with van der Waals surface area (Å²) in [5, 5.41) is 2.74. The summed E-state index contributed by atoms with van der Waals surface area (Å²) in [6, 6.07) is 8.72. The number of H-pyrrole nitrogens is 1. The number of aromatic nitrogens is 1. The molecule has 114 valence electrons. The van der Waals surface area contributed by atoms with Gasteiger partial charge in [-0.05, 0) is 61.6 Å². The van der Waals surface area contributed by atoms with E-state index in [4.69, 9.17) is 4.74 Å². The summed E-state index contributed by atoms with van der Waals surface area (Å²) in [6.45, 7) is 0. The Balaban J connectivity index is 1.83. The van der Waals surface area contributed by atoms with Gasteiger partial charge in [0.15, 0.2) is 0 Å². The third-order valence-corrected chi connectivity index (χ3v) is 3.93. The van der Waals surface area contributed by atoms with Crippen LogP contribution in [0.25, 0.3) is 0 Å². The number of amides is 1. The van der Waals surface area contributed by atoms with E-state index in [0.29, 0.717) is 11.4 Å². The number of rotatable bonds is 3. The summed E-state index contributed by atoms with van der Waals surface area (Å²) in [5.74, 6) is 0.324. The molecule has 5 heteroatoms. The number of carbonyl (C=O) groups excluding carboxylic acids is 1. The van der Waals surface area contributed by atoms with Gasteiger partial charge in [0.25, 0.3) is 11.5 Å². The third kappa shape index (κ3) is 2.88. The Hall–Kier alpha value is -2.56. The predicted molar refractivity (Wildman–Crippen MR) is 84.7 cm³/mol. The van der Waals surface area contributed by atoms with Gasteiger partial charge in [-0.1, -0.05) is 0 Å². The topological polar surface area (TPSA) is 71.2 Å². The monoisotopic (exact) mass is 298 g/mol. The number of anilines is 1. The lowest BCUT2D eigenvalue weighted by molar-refractivity contribution is 0.102. The first-order chi connectivity index (χ1) is 10.7. The summed E-state index contributed by atoms with van der Waals surface area (Å²) in [6.07, 6.45) is 3.97. The number of nitrogens with one attached hydrogen (secondary N) is 2. The van der Waals surface area contributed by atoms with Gasteiger partial charge in [0.2, 0.25) is 0 Å². The van der Waals surface area contributed by atoms with Crippen molar-refractivity contribution in [3.63, 3.8) is 0 Å². The van der Waals surface area contributed by atoms with Crippen LogP contribution in [-0.4, -0.2) is 18.0 Å². The number of ether oxygens (including phenoxy) is 1. The maximum absolute atomic E-state index is 12.3. The molecular formula is C17H18N2O3. The first-order valence-corrected chi connectivity index (χ1v) is 7.38. The van der Waals surface area contributed by atoms with E-state index in [9.17, 15) is 9.59 Å². The first kappa shape index (κ1) is 14.4. The molecule has 0 fully saturated rings. The molecule has 1 heterocycles. The Morgan fingerprint density at radius 2 is 1.91 bits per heavy atom. The smallest absolute Gasteiger partial charge is 0.261 e. The van der Waals surface area contributed by atoms with Gasteiger partial charge in [-0.3, -0.25) is 9.59 Å². The normalized spacial score (nSPS) is 13.3. The van der Waals surface area contributed by atoms with Crippen molar-refractivity contribution in [1.82, 2.24) is 4.98 Å². The van der Waals surface area contributed by atoms with Gasteiger partial charge in [-0.25, -0.2) is 0 Å². The molecule has 0 saturated heterocycles. The minimum absolute atomic E-state index is 0.163. The van der Waals surface area contributed by atoms with Crippen LogP contribution in [0, 0.1) is 0 Å². The Morgan fingerprint density at radius 1 is 1.18 bits per heavy atom. The Bertz CT molecular complexity index is 747. The van der Waals surface area contributed by atoms with Crippen molar-refractivity contribution in [2.75, 3.05) is 12.4 Å². The lowest BCUT2D eigenvalue weighted by atomic mass is 9.95. The van der Waals surface area contributed by atoms with Crippen molar-refractivity contribution in [3.8, 4) is 5.75 Å². The van der Waals surface area contributed by atoms with Gasteiger partial charge in [0, 0.05) is 11.4 Å². The van der Waals surface area contributed by atoms with Crippen LogP contribution in [0.4, 0.5) is 5.69 Å². The van der Waals surface area contributed by atoms with E-state index in [0.717, 1.165) is 36.9 Å². The largest absolute Gasteiger partial charge is 0.497 e. The average Bonchev–Trinajstić information content (AvgIpc) is 2.54. The molecule has 0 radical (unpaired) electrons. The van der Waals surface area contributed by atoms with E-state index in [-0.39, 0.29) is 17.0 Å². The SMILES string of the molecule is COc1ccc(NC(=O)c2cc3c([nH]c2=O)CCCC3)cc1. The van der Waals surface area contributed by atoms with E-state index in [1.165, 1.54) is 0 Å². The highest BCUT2D eigenvalue weighted by Crippen LogP contribution is 2.19. The highest BCUT2D eigenvalue weighted by molar-refractivity contribution is 6.04. The number of hydrogen-bond donors (Lipinski definition) is 2. The number of pyridine rings is 1. The fourth-order valence-electron chi connectivity index (χ4n) is 2.72. The van der Waals surface area contributed by atoms with E-state index >= 15 is 0 Å². The Labute approximate surface area is 128 Å². The molecule has 1 aromatic heterocycles. The lowest BCUT2D eigenvalue weighted by Gasteiger charge is -2.16. The molecule has 1 aliphatic rings. The highest BCUT2D eigenvalue weighted by Gasteiger charge is 2.17. The molecule has 1 aromatic carbocycles. The van der Waals surface area contributed by atoms with Crippen LogP contribution >= 0.6 is 0 Å². The first-order valence-electron chi connectivity index (χ1n) is 7.38. The van der Waals surface area contributed by atoms with Crippen LogP contribution in [0.15, 0.2) is 35.1 Å². The van der Waals surface area contributed by atoms with Gasteiger partial charge in [-0.2, -0.15) is 0 Å². The zero-order valence-corrected chi connectivity index (χ0v) is 12.4. The number of hydrogen-bond acceptors (Lipinski definition) is 3. The second-order valence-electron chi connectivity index (χ2n) is 5.41. The fourth-order valence-corrected chi connectivity index (χ4v) is 2.72. The van der Waals surface area contributed by atoms with Crippen LogP contribution < -0.4 is 15.6 Å². The molecule has 1 aliphatic carbocycles. The Kier molecular flexibility index (Phi) is 3.96. The van der Waals surface area contributed by atoms with Crippen molar-refractivity contribution in [2.45, 2.75) is 25.7 Å².